The van der Waals surface area contributed by atoms with Crippen LogP contribution in [0.3, 0.4) is 0 Å². The first-order valence-electron chi connectivity index (χ1n) is 8.34. The van der Waals surface area contributed by atoms with Gasteiger partial charge >= 0.3 is 0 Å². The minimum Gasteiger partial charge on any atom is -0.396 e. The van der Waals surface area contributed by atoms with Gasteiger partial charge in [0.25, 0.3) is 0 Å². The molecule has 24 heavy (non-hydrogen) atoms. The molecule has 2 heterocycles. The van der Waals surface area contributed by atoms with Gasteiger partial charge in [-0.1, -0.05) is 0 Å². The highest BCUT2D eigenvalue weighted by atomic mass is 32.2. The third kappa shape index (κ3) is 4.13. The lowest BCUT2D eigenvalue weighted by Crippen LogP contribution is -2.38. The van der Waals surface area contributed by atoms with Crippen LogP contribution in [0.4, 0.5) is 0 Å². The second-order valence-corrected chi connectivity index (χ2v) is 8.09. The van der Waals surface area contributed by atoms with Crippen molar-refractivity contribution >= 4 is 21.1 Å². The summed E-state index contributed by atoms with van der Waals surface area (Å²) in [5, 5.41) is 9.25. The summed E-state index contributed by atoms with van der Waals surface area (Å²) in [7, 11) is -3.50. The molecule has 1 aliphatic heterocycles. The SMILES string of the molecule is O=S(=O)(NCCCN1CCC[C@@H](CO)C1)c1ccc2nc[nH]c2c1. The van der Waals surface area contributed by atoms with E-state index in [1.165, 1.54) is 0 Å². The van der Waals surface area contributed by atoms with Crippen LogP contribution in [0.25, 0.3) is 11.0 Å². The number of nitrogens with zero attached hydrogens (tertiary/aromatic N) is 2. The normalized spacial score (nSPS) is 19.8. The number of piperidine rings is 1. The maximum Gasteiger partial charge on any atom is 0.240 e. The maximum absolute atomic E-state index is 12.4. The van der Waals surface area contributed by atoms with Crippen LogP contribution >= 0.6 is 0 Å². The van der Waals surface area contributed by atoms with Crippen molar-refractivity contribution in [2.75, 3.05) is 32.8 Å². The number of likely N-dealkylation sites (tertiary alicyclic amines) is 1. The van der Waals surface area contributed by atoms with Crippen molar-refractivity contribution in [3.8, 4) is 0 Å². The van der Waals surface area contributed by atoms with Crippen molar-refractivity contribution in [3.05, 3.63) is 24.5 Å². The highest BCUT2D eigenvalue weighted by Gasteiger charge is 2.19. The van der Waals surface area contributed by atoms with Gasteiger partial charge in [-0.3, -0.25) is 0 Å². The van der Waals surface area contributed by atoms with Crippen LogP contribution in [0.5, 0.6) is 0 Å². The fourth-order valence-corrected chi connectivity index (χ4v) is 4.28. The predicted octanol–water partition coefficient (Wildman–Crippen LogP) is 0.936. The first-order chi connectivity index (χ1) is 11.6. The zero-order chi connectivity index (χ0) is 17.0. The monoisotopic (exact) mass is 352 g/mol. The lowest BCUT2D eigenvalue weighted by Gasteiger charge is -2.31. The Balaban J connectivity index is 1.50. The fraction of sp³-hybridized carbons (Fsp3) is 0.562. The molecule has 0 aliphatic carbocycles. The van der Waals surface area contributed by atoms with Crippen molar-refractivity contribution < 1.29 is 13.5 Å². The van der Waals surface area contributed by atoms with Gasteiger partial charge in [0, 0.05) is 19.7 Å². The number of hydrogen-bond acceptors (Lipinski definition) is 5. The average Bonchev–Trinajstić information content (AvgIpc) is 3.06. The molecule has 2 aromatic rings. The van der Waals surface area contributed by atoms with Crippen molar-refractivity contribution in [3.63, 3.8) is 0 Å². The Morgan fingerprint density at radius 2 is 2.29 bits per heavy atom. The standard InChI is InChI=1S/C16H24N4O3S/c21-11-13-3-1-7-20(10-13)8-2-6-19-24(22,23)14-4-5-15-16(9-14)18-12-17-15/h4-5,9,12-13,19,21H,1-3,6-8,10-11H2,(H,17,18)/t13-/m1/s1. The topological polar surface area (TPSA) is 98.3 Å². The molecule has 3 rings (SSSR count). The molecule has 0 bridgehead atoms. The van der Waals surface area contributed by atoms with Gasteiger partial charge in [-0.15, -0.1) is 0 Å². The Labute approximate surface area is 142 Å². The molecule has 0 unspecified atom stereocenters. The fourth-order valence-electron chi connectivity index (χ4n) is 3.18. The number of aliphatic hydroxyl groups is 1. The number of nitrogens with one attached hydrogen (secondary N) is 2. The second kappa shape index (κ2) is 7.60. The van der Waals surface area contributed by atoms with E-state index in [0.717, 1.165) is 44.4 Å². The molecule has 1 saturated heterocycles. The van der Waals surface area contributed by atoms with Gasteiger partial charge in [0.15, 0.2) is 0 Å². The number of hydrogen-bond donors (Lipinski definition) is 3. The van der Waals surface area contributed by atoms with Crippen LogP contribution in [0.2, 0.25) is 0 Å². The van der Waals surface area contributed by atoms with E-state index in [1.54, 1.807) is 24.5 Å². The number of imidazole rings is 1. The van der Waals surface area contributed by atoms with Crippen LogP contribution in [0, 0.1) is 5.92 Å². The van der Waals surface area contributed by atoms with E-state index < -0.39 is 10.0 Å². The summed E-state index contributed by atoms with van der Waals surface area (Å²) in [5.74, 6) is 0.358. The molecule has 1 aromatic heterocycles. The lowest BCUT2D eigenvalue weighted by atomic mass is 9.99. The van der Waals surface area contributed by atoms with E-state index in [4.69, 9.17) is 0 Å². The van der Waals surface area contributed by atoms with E-state index in [0.29, 0.717) is 18.0 Å². The molecule has 1 aliphatic rings. The molecule has 3 N–H and O–H groups in total. The van der Waals surface area contributed by atoms with Crippen molar-refractivity contribution in [1.29, 1.82) is 0 Å². The second-order valence-electron chi connectivity index (χ2n) is 6.32. The summed E-state index contributed by atoms with van der Waals surface area (Å²) in [6.07, 6.45) is 4.48. The molecule has 132 valence electrons. The number of fused-ring (bicyclic) bond motifs is 1. The number of H-pyrrole nitrogens is 1. The van der Waals surface area contributed by atoms with Gasteiger partial charge in [-0.05, 0) is 56.5 Å². The van der Waals surface area contributed by atoms with Crippen molar-refractivity contribution in [1.82, 2.24) is 19.6 Å². The summed E-state index contributed by atoms with van der Waals surface area (Å²) >= 11 is 0. The Morgan fingerprint density at radius 1 is 1.42 bits per heavy atom. The van der Waals surface area contributed by atoms with Crippen LogP contribution < -0.4 is 4.72 Å². The number of aromatic nitrogens is 2. The summed E-state index contributed by atoms with van der Waals surface area (Å²) < 4.78 is 27.4. The first-order valence-corrected chi connectivity index (χ1v) is 9.83. The average molecular weight is 352 g/mol. The molecule has 0 radical (unpaired) electrons. The smallest absolute Gasteiger partial charge is 0.240 e. The van der Waals surface area contributed by atoms with Gasteiger partial charge in [0.05, 0.1) is 22.3 Å². The van der Waals surface area contributed by atoms with E-state index >= 15 is 0 Å². The summed E-state index contributed by atoms with van der Waals surface area (Å²) in [4.78, 5) is 9.56. The summed E-state index contributed by atoms with van der Waals surface area (Å²) in [6, 6.07) is 4.87. The third-order valence-corrected chi connectivity index (χ3v) is 5.97. The van der Waals surface area contributed by atoms with E-state index in [-0.39, 0.29) is 11.5 Å². The van der Waals surface area contributed by atoms with Gasteiger partial charge in [-0.25, -0.2) is 18.1 Å². The molecule has 0 amide bonds. The molecule has 1 aromatic carbocycles. The Morgan fingerprint density at radius 3 is 3.12 bits per heavy atom. The number of rotatable bonds is 7. The first kappa shape index (κ1) is 17.3. The zero-order valence-corrected chi connectivity index (χ0v) is 14.4. The molecular formula is C16H24N4O3S. The highest BCUT2D eigenvalue weighted by Crippen LogP contribution is 2.17. The van der Waals surface area contributed by atoms with E-state index in [2.05, 4.69) is 19.6 Å². The van der Waals surface area contributed by atoms with Gasteiger partial charge in [0.1, 0.15) is 0 Å². The van der Waals surface area contributed by atoms with Gasteiger partial charge < -0.3 is 15.0 Å². The quantitative estimate of drug-likeness (QED) is 0.644. The minimum absolute atomic E-state index is 0.235. The van der Waals surface area contributed by atoms with Crippen LogP contribution in [-0.2, 0) is 10.0 Å². The van der Waals surface area contributed by atoms with Gasteiger partial charge in [0.2, 0.25) is 10.0 Å². The molecule has 8 heteroatoms. The molecular weight excluding hydrogens is 328 g/mol. The molecule has 0 spiro atoms. The summed E-state index contributed by atoms with van der Waals surface area (Å²) in [6.45, 7) is 3.42. The Hall–Kier alpha value is -1.48. The highest BCUT2D eigenvalue weighted by molar-refractivity contribution is 7.89. The number of aliphatic hydroxyl groups excluding tert-OH is 1. The van der Waals surface area contributed by atoms with Crippen LogP contribution in [-0.4, -0.2) is 61.2 Å². The van der Waals surface area contributed by atoms with Crippen molar-refractivity contribution in [2.45, 2.75) is 24.2 Å². The molecule has 1 atom stereocenters. The Bertz CT molecular complexity index is 774. The van der Waals surface area contributed by atoms with Crippen LogP contribution in [0.15, 0.2) is 29.4 Å². The minimum atomic E-state index is -3.50. The third-order valence-electron chi connectivity index (χ3n) is 4.51. The van der Waals surface area contributed by atoms with Crippen molar-refractivity contribution in [2.24, 2.45) is 5.92 Å². The Kier molecular flexibility index (Phi) is 5.50. The molecule has 0 saturated carbocycles. The molecule has 1 fully saturated rings. The zero-order valence-electron chi connectivity index (χ0n) is 13.6. The van der Waals surface area contributed by atoms with Gasteiger partial charge in [-0.2, -0.15) is 0 Å². The largest absolute Gasteiger partial charge is 0.396 e. The number of sulfonamides is 1. The lowest BCUT2D eigenvalue weighted by molar-refractivity contribution is 0.120. The van der Waals surface area contributed by atoms with E-state index in [1.807, 2.05) is 0 Å². The van der Waals surface area contributed by atoms with E-state index in [9.17, 15) is 13.5 Å². The summed E-state index contributed by atoms with van der Waals surface area (Å²) in [5.41, 5.74) is 1.46. The maximum atomic E-state index is 12.4. The number of aromatic amines is 1. The number of benzene rings is 1. The predicted molar refractivity (Wildman–Crippen MR) is 92.1 cm³/mol. The molecule has 7 nitrogen and oxygen atoms in total. The van der Waals surface area contributed by atoms with Crippen LogP contribution in [0.1, 0.15) is 19.3 Å².